The number of aromatic nitrogens is 1. The summed E-state index contributed by atoms with van der Waals surface area (Å²) in [6.45, 7) is 0. The first-order valence-electron chi connectivity index (χ1n) is 8.31. The molecule has 0 aliphatic carbocycles. The fourth-order valence-corrected chi connectivity index (χ4v) is 5.79. The van der Waals surface area contributed by atoms with E-state index in [4.69, 9.17) is 16.1 Å². The molecule has 0 bridgehead atoms. The van der Waals surface area contributed by atoms with Crippen molar-refractivity contribution in [3.8, 4) is 32.3 Å². The maximum Gasteiger partial charge on any atom is 0.133 e. The molecule has 0 saturated carbocycles. The third-order valence-corrected chi connectivity index (χ3v) is 7.53. The van der Waals surface area contributed by atoms with E-state index in [9.17, 15) is 0 Å². The summed E-state index contributed by atoms with van der Waals surface area (Å²) in [5, 5.41) is 8.72. The Bertz CT molecular complexity index is 1030. The number of thiophene rings is 1. The molecule has 0 atom stereocenters. The molecule has 0 radical (unpaired) electrons. The minimum absolute atomic E-state index is 0.102. The first-order chi connectivity index (χ1) is 13.2. The third kappa shape index (κ3) is 3.56. The van der Waals surface area contributed by atoms with E-state index in [-0.39, 0.29) is 5.84 Å². The highest BCUT2D eigenvalue weighted by Gasteiger charge is 2.20. The van der Waals surface area contributed by atoms with Gasteiger partial charge in [-0.3, -0.25) is 5.41 Å². The highest BCUT2D eigenvalue weighted by molar-refractivity contribution is 8.00. The molecule has 0 aliphatic rings. The standard InChI is InChI=1S/C21H17N3S3/c1-25-21-15(12-16(26-21)19(22)23)20-24-17(13-8-4-2-5-9-13)18(27-20)14-10-6-3-7-11-14/h2-12H,1H3,(H3,22,23). The van der Waals surface area contributed by atoms with Gasteiger partial charge in [0, 0.05) is 11.1 Å². The molecular formula is C21H17N3S3. The number of nitrogens with one attached hydrogen (secondary N) is 1. The van der Waals surface area contributed by atoms with Crippen LogP contribution in [0, 0.1) is 5.41 Å². The van der Waals surface area contributed by atoms with Crippen molar-refractivity contribution in [1.29, 1.82) is 5.41 Å². The van der Waals surface area contributed by atoms with Crippen LogP contribution in [0.3, 0.4) is 0 Å². The smallest absolute Gasteiger partial charge is 0.133 e. The highest BCUT2D eigenvalue weighted by Crippen LogP contribution is 2.45. The molecule has 0 fully saturated rings. The number of amidine groups is 1. The maximum absolute atomic E-state index is 7.76. The quantitative estimate of drug-likeness (QED) is 0.235. The molecule has 4 rings (SSSR count). The van der Waals surface area contributed by atoms with E-state index in [1.165, 1.54) is 0 Å². The van der Waals surface area contributed by atoms with Gasteiger partial charge in [0.15, 0.2) is 0 Å². The zero-order valence-electron chi connectivity index (χ0n) is 14.6. The number of benzene rings is 2. The van der Waals surface area contributed by atoms with Crippen LogP contribution in [-0.4, -0.2) is 17.1 Å². The fraction of sp³-hybridized carbons (Fsp3) is 0.0476. The van der Waals surface area contributed by atoms with Crippen LogP contribution < -0.4 is 5.73 Å². The van der Waals surface area contributed by atoms with Gasteiger partial charge in [0.25, 0.3) is 0 Å². The van der Waals surface area contributed by atoms with Crippen LogP contribution in [0.15, 0.2) is 70.9 Å². The van der Waals surface area contributed by atoms with Crippen LogP contribution in [-0.2, 0) is 0 Å². The number of nitrogen functional groups attached to an aromatic ring is 1. The zero-order chi connectivity index (χ0) is 18.8. The van der Waals surface area contributed by atoms with Gasteiger partial charge in [-0.1, -0.05) is 60.7 Å². The molecule has 0 aliphatic heterocycles. The lowest BCUT2D eigenvalue weighted by atomic mass is 10.1. The number of hydrogen-bond donors (Lipinski definition) is 2. The molecule has 3 nitrogen and oxygen atoms in total. The Kier molecular flexibility index (Phi) is 5.11. The number of nitrogens with zero attached hydrogens (tertiary/aromatic N) is 1. The Morgan fingerprint density at radius 1 is 0.963 bits per heavy atom. The van der Waals surface area contributed by atoms with Crippen molar-refractivity contribution in [2.24, 2.45) is 5.73 Å². The first kappa shape index (κ1) is 18.0. The second kappa shape index (κ2) is 7.68. The van der Waals surface area contributed by atoms with Gasteiger partial charge in [0.05, 0.1) is 19.7 Å². The molecular weight excluding hydrogens is 390 g/mol. The molecule has 4 aromatic rings. The molecule has 0 saturated heterocycles. The van der Waals surface area contributed by atoms with E-state index in [0.717, 1.165) is 41.4 Å². The van der Waals surface area contributed by atoms with Gasteiger partial charge in [-0.05, 0) is 17.9 Å². The van der Waals surface area contributed by atoms with Crippen LogP contribution in [0.5, 0.6) is 0 Å². The van der Waals surface area contributed by atoms with Crippen molar-refractivity contribution < 1.29 is 0 Å². The summed E-state index contributed by atoms with van der Waals surface area (Å²) in [6.07, 6.45) is 2.04. The second-order valence-electron chi connectivity index (χ2n) is 5.86. The monoisotopic (exact) mass is 407 g/mol. The Balaban J connectivity index is 1.92. The number of thioether (sulfide) groups is 1. The summed E-state index contributed by atoms with van der Waals surface area (Å²) in [5.41, 5.74) is 10.0. The summed E-state index contributed by atoms with van der Waals surface area (Å²) in [5.74, 6) is 0.102. The van der Waals surface area contributed by atoms with Crippen LogP contribution in [0.1, 0.15) is 4.88 Å². The largest absolute Gasteiger partial charge is 0.383 e. The average molecular weight is 408 g/mol. The van der Waals surface area contributed by atoms with Crippen molar-refractivity contribution in [1.82, 2.24) is 4.98 Å². The van der Waals surface area contributed by atoms with Crippen molar-refractivity contribution in [2.75, 3.05) is 6.26 Å². The van der Waals surface area contributed by atoms with Gasteiger partial charge in [-0.25, -0.2) is 4.98 Å². The Morgan fingerprint density at radius 3 is 2.19 bits per heavy atom. The van der Waals surface area contributed by atoms with Crippen molar-refractivity contribution in [3.63, 3.8) is 0 Å². The minimum Gasteiger partial charge on any atom is -0.383 e. The molecule has 6 heteroatoms. The zero-order valence-corrected chi connectivity index (χ0v) is 17.0. The number of nitrogens with two attached hydrogens (primary N) is 1. The maximum atomic E-state index is 7.76. The topological polar surface area (TPSA) is 62.8 Å². The van der Waals surface area contributed by atoms with E-state index in [1.54, 1.807) is 34.4 Å². The van der Waals surface area contributed by atoms with E-state index in [1.807, 2.05) is 36.6 Å². The molecule has 2 aromatic heterocycles. The van der Waals surface area contributed by atoms with Crippen LogP contribution in [0.25, 0.3) is 32.3 Å². The first-order valence-corrected chi connectivity index (χ1v) is 11.2. The van der Waals surface area contributed by atoms with Crippen molar-refractivity contribution in [2.45, 2.75) is 4.21 Å². The number of rotatable bonds is 5. The van der Waals surface area contributed by atoms with Crippen molar-refractivity contribution in [3.05, 3.63) is 71.6 Å². The van der Waals surface area contributed by atoms with Crippen LogP contribution in [0.2, 0.25) is 0 Å². The summed E-state index contributed by atoms with van der Waals surface area (Å²) in [4.78, 5) is 6.95. The lowest BCUT2D eigenvalue weighted by molar-refractivity contribution is 1.39. The second-order valence-corrected chi connectivity index (χ2v) is 8.98. The van der Waals surface area contributed by atoms with Crippen LogP contribution >= 0.6 is 34.4 Å². The molecule has 0 spiro atoms. The molecule has 0 unspecified atom stereocenters. The van der Waals surface area contributed by atoms with Gasteiger partial charge in [0.1, 0.15) is 10.8 Å². The Labute approximate surface area is 170 Å². The Morgan fingerprint density at radius 2 is 1.59 bits per heavy atom. The fourth-order valence-electron chi connectivity index (χ4n) is 2.82. The van der Waals surface area contributed by atoms with E-state index in [2.05, 4.69) is 36.4 Å². The lowest BCUT2D eigenvalue weighted by Crippen LogP contribution is -2.08. The molecule has 3 N–H and O–H groups in total. The number of thiazole rings is 1. The van der Waals surface area contributed by atoms with Gasteiger partial charge >= 0.3 is 0 Å². The van der Waals surface area contributed by atoms with E-state index >= 15 is 0 Å². The van der Waals surface area contributed by atoms with E-state index < -0.39 is 0 Å². The summed E-state index contributed by atoms with van der Waals surface area (Å²) < 4.78 is 1.13. The predicted molar refractivity (Wildman–Crippen MR) is 119 cm³/mol. The minimum atomic E-state index is 0.102. The van der Waals surface area contributed by atoms with Gasteiger partial charge in [-0.15, -0.1) is 34.4 Å². The summed E-state index contributed by atoms with van der Waals surface area (Å²) >= 11 is 4.90. The van der Waals surface area contributed by atoms with Gasteiger partial charge < -0.3 is 5.73 Å². The summed E-state index contributed by atoms with van der Waals surface area (Å²) in [6, 6.07) is 22.6. The predicted octanol–water partition coefficient (Wildman–Crippen LogP) is 6.21. The highest BCUT2D eigenvalue weighted by atomic mass is 32.2. The lowest BCUT2D eigenvalue weighted by Gasteiger charge is -2.02. The molecule has 2 heterocycles. The molecule has 2 aromatic carbocycles. The Hall–Kier alpha value is -2.41. The molecule has 27 heavy (non-hydrogen) atoms. The van der Waals surface area contributed by atoms with Gasteiger partial charge in [-0.2, -0.15) is 0 Å². The van der Waals surface area contributed by atoms with Crippen molar-refractivity contribution >= 4 is 40.3 Å². The summed E-state index contributed by atoms with van der Waals surface area (Å²) in [7, 11) is 0. The van der Waals surface area contributed by atoms with Crippen LogP contribution in [0.4, 0.5) is 0 Å². The third-order valence-electron chi connectivity index (χ3n) is 4.09. The average Bonchev–Trinajstić information content (AvgIpc) is 3.34. The SMILES string of the molecule is CSc1sc(C(=N)N)cc1-c1nc(-c2ccccc2)c(-c2ccccc2)s1. The van der Waals surface area contributed by atoms with E-state index in [0.29, 0.717) is 0 Å². The van der Waals surface area contributed by atoms with Gasteiger partial charge in [0.2, 0.25) is 0 Å². The molecule has 134 valence electrons. The number of hydrogen-bond acceptors (Lipinski definition) is 5. The molecule has 0 amide bonds. The normalized spacial score (nSPS) is 10.9.